The molecular weight excluding hydrogens is 190 g/mol. The van der Waals surface area contributed by atoms with Crippen molar-refractivity contribution in [2.75, 3.05) is 18.6 Å². The number of hydrogen-bond donors (Lipinski definition) is 1. The molecule has 0 spiro atoms. The summed E-state index contributed by atoms with van der Waals surface area (Å²) < 4.78 is 0. The van der Waals surface area contributed by atoms with Gasteiger partial charge in [0.15, 0.2) is 0 Å². The first-order valence-corrected chi connectivity index (χ1v) is 7.25. The van der Waals surface area contributed by atoms with Crippen molar-refractivity contribution in [3.63, 3.8) is 0 Å². The van der Waals surface area contributed by atoms with Crippen LogP contribution in [0.3, 0.4) is 0 Å². The van der Waals surface area contributed by atoms with Crippen LogP contribution in [0.15, 0.2) is 0 Å². The van der Waals surface area contributed by atoms with Crippen LogP contribution in [0.4, 0.5) is 0 Å². The Morgan fingerprint density at radius 1 is 1.29 bits per heavy atom. The summed E-state index contributed by atoms with van der Waals surface area (Å²) in [6.45, 7) is 8.23. The van der Waals surface area contributed by atoms with E-state index in [0.717, 1.165) is 23.8 Å². The molecular formula is C12H25NS. The molecule has 0 aromatic heterocycles. The van der Waals surface area contributed by atoms with E-state index in [9.17, 15) is 0 Å². The van der Waals surface area contributed by atoms with E-state index in [-0.39, 0.29) is 0 Å². The molecule has 2 heteroatoms. The second-order valence-corrected chi connectivity index (χ2v) is 6.05. The summed E-state index contributed by atoms with van der Waals surface area (Å²) in [4.78, 5) is 0. The molecule has 1 saturated carbocycles. The van der Waals surface area contributed by atoms with Gasteiger partial charge in [0.05, 0.1) is 0 Å². The van der Waals surface area contributed by atoms with Crippen LogP contribution in [0.25, 0.3) is 0 Å². The third-order valence-electron chi connectivity index (χ3n) is 3.32. The van der Waals surface area contributed by atoms with Crippen molar-refractivity contribution in [1.29, 1.82) is 0 Å². The Bertz CT molecular complexity index is 152. The standard InChI is InChI=1S/C12H25NS/c1-9(2)11-5-12(6-11)13-7-10(3)8-14-4/h9-13H,5-8H2,1-4H3. The second-order valence-electron chi connectivity index (χ2n) is 5.14. The average Bonchev–Trinajstić information content (AvgIpc) is 2.01. The smallest absolute Gasteiger partial charge is 0.00726 e. The maximum Gasteiger partial charge on any atom is 0.00726 e. The second kappa shape index (κ2) is 6.02. The van der Waals surface area contributed by atoms with Crippen molar-refractivity contribution in [1.82, 2.24) is 5.32 Å². The Morgan fingerprint density at radius 2 is 1.93 bits per heavy atom. The SMILES string of the molecule is CSCC(C)CNC1CC(C(C)C)C1. The van der Waals surface area contributed by atoms with E-state index in [1.807, 2.05) is 11.8 Å². The zero-order valence-corrected chi connectivity index (χ0v) is 10.9. The Labute approximate surface area is 93.4 Å². The highest BCUT2D eigenvalue weighted by molar-refractivity contribution is 7.98. The lowest BCUT2D eigenvalue weighted by Gasteiger charge is -2.39. The molecule has 0 radical (unpaired) electrons. The zero-order valence-electron chi connectivity index (χ0n) is 10.0. The molecule has 1 aliphatic carbocycles. The van der Waals surface area contributed by atoms with Gasteiger partial charge >= 0.3 is 0 Å². The van der Waals surface area contributed by atoms with E-state index in [4.69, 9.17) is 0 Å². The molecule has 0 saturated heterocycles. The maximum atomic E-state index is 3.68. The fourth-order valence-electron chi connectivity index (χ4n) is 2.08. The first-order valence-electron chi connectivity index (χ1n) is 5.85. The van der Waals surface area contributed by atoms with Gasteiger partial charge in [-0.15, -0.1) is 0 Å². The van der Waals surface area contributed by atoms with Gasteiger partial charge in [0, 0.05) is 6.04 Å². The molecule has 0 heterocycles. The Balaban J connectivity index is 2.00. The molecule has 0 aliphatic heterocycles. The summed E-state index contributed by atoms with van der Waals surface area (Å²) in [5, 5.41) is 3.68. The highest BCUT2D eigenvalue weighted by Crippen LogP contribution is 2.33. The molecule has 1 N–H and O–H groups in total. The molecule has 1 nitrogen and oxygen atoms in total. The lowest BCUT2D eigenvalue weighted by atomic mass is 9.73. The molecule has 1 unspecified atom stereocenters. The fourth-order valence-corrected chi connectivity index (χ4v) is 2.77. The van der Waals surface area contributed by atoms with Crippen LogP contribution in [0.5, 0.6) is 0 Å². The minimum atomic E-state index is 0.822. The minimum absolute atomic E-state index is 0.822. The summed E-state index contributed by atoms with van der Waals surface area (Å²) in [5.74, 6) is 3.98. The zero-order chi connectivity index (χ0) is 10.6. The number of rotatable bonds is 6. The van der Waals surface area contributed by atoms with Gasteiger partial charge in [0.25, 0.3) is 0 Å². The molecule has 14 heavy (non-hydrogen) atoms. The molecule has 0 aromatic carbocycles. The minimum Gasteiger partial charge on any atom is -0.314 e. The van der Waals surface area contributed by atoms with E-state index in [1.54, 1.807) is 0 Å². The van der Waals surface area contributed by atoms with E-state index in [1.165, 1.54) is 25.1 Å². The monoisotopic (exact) mass is 215 g/mol. The molecule has 0 aromatic rings. The van der Waals surface area contributed by atoms with Gasteiger partial charge in [0.1, 0.15) is 0 Å². The van der Waals surface area contributed by atoms with E-state index in [2.05, 4.69) is 32.3 Å². The van der Waals surface area contributed by atoms with Gasteiger partial charge in [0.2, 0.25) is 0 Å². The van der Waals surface area contributed by atoms with Crippen LogP contribution >= 0.6 is 11.8 Å². The highest BCUT2D eigenvalue weighted by atomic mass is 32.2. The molecule has 1 atom stereocenters. The van der Waals surface area contributed by atoms with Crippen molar-refractivity contribution < 1.29 is 0 Å². The number of nitrogens with one attached hydrogen (secondary N) is 1. The summed E-state index contributed by atoms with van der Waals surface area (Å²) >= 11 is 1.95. The van der Waals surface area contributed by atoms with Crippen molar-refractivity contribution in [3.05, 3.63) is 0 Å². The van der Waals surface area contributed by atoms with Gasteiger partial charge < -0.3 is 5.32 Å². The molecule has 1 aliphatic rings. The summed E-state index contributed by atoms with van der Waals surface area (Å²) in [5.41, 5.74) is 0. The van der Waals surface area contributed by atoms with Crippen LogP contribution < -0.4 is 5.32 Å². The number of hydrogen-bond acceptors (Lipinski definition) is 2. The molecule has 1 fully saturated rings. The first-order chi connectivity index (χ1) is 6.63. The van der Waals surface area contributed by atoms with Gasteiger partial charge in [-0.3, -0.25) is 0 Å². The van der Waals surface area contributed by atoms with E-state index >= 15 is 0 Å². The Morgan fingerprint density at radius 3 is 2.43 bits per heavy atom. The molecule has 0 bridgehead atoms. The number of thioether (sulfide) groups is 1. The molecule has 1 rings (SSSR count). The Hall–Kier alpha value is 0.310. The lowest BCUT2D eigenvalue weighted by Crippen LogP contribution is -2.44. The van der Waals surface area contributed by atoms with Crippen LogP contribution in [0, 0.1) is 17.8 Å². The predicted molar refractivity (Wildman–Crippen MR) is 66.9 cm³/mol. The fraction of sp³-hybridized carbons (Fsp3) is 1.00. The normalized spacial score (nSPS) is 28.9. The van der Waals surface area contributed by atoms with Gasteiger partial charge in [-0.2, -0.15) is 11.8 Å². The van der Waals surface area contributed by atoms with Crippen LogP contribution in [0.1, 0.15) is 33.6 Å². The quantitative estimate of drug-likeness (QED) is 0.731. The first kappa shape index (κ1) is 12.4. The van der Waals surface area contributed by atoms with Gasteiger partial charge in [-0.1, -0.05) is 20.8 Å². The third-order valence-corrected chi connectivity index (χ3v) is 4.23. The van der Waals surface area contributed by atoms with Gasteiger partial charge in [-0.05, 0) is 49.1 Å². The van der Waals surface area contributed by atoms with Gasteiger partial charge in [-0.25, -0.2) is 0 Å². The molecule has 84 valence electrons. The summed E-state index contributed by atoms with van der Waals surface area (Å²) in [7, 11) is 0. The van der Waals surface area contributed by atoms with Crippen molar-refractivity contribution in [3.8, 4) is 0 Å². The largest absolute Gasteiger partial charge is 0.314 e. The van der Waals surface area contributed by atoms with Crippen molar-refractivity contribution in [2.24, 2.45) is 17.8 Å². The van der Waals surface area contributed by atoms with E-state index in [0.29, 0.717) is 0 Å². The molecule has 0 amide bonds. The van der Waals surface area contributed by atoms with Crippen molar-refractivity contribution >= 4 is 11.8 Å². The van der Waals surface area contributed by atoms with Crippen LogP contribution in [0.2, 0.25) is 0 Å². The summed E-state index contributed by atoms with van der Waals surface area (Å²) in [6.07, 6.45) is 5.00. The average molecular weight is 215 g/mol. The van der Waals surface area contributed by atoms with Crippen LogP contribution in [-0.4, -0.2) is 24.6 Å². The third kappa shape index (κ3) is 3.82. The topological polar surface area (TPSA) is 12.0 Å². The highest BCUT2D eigenvalue weighted by Gasteiger charge is 2.30. The summed E-state index contributed by atoms with van der Waals surface area (Å²) in [6, 6.07) is 0.826. The predicted octanol–water partition coefficient (Wildman–Crippen LogP) is 3.01. The van der Waals surface area contributed by atoms with E-state index < -0.39 is 0 Å². The van der Waals surface area contributed by atoms with Crippen molar-refractivity contribution in [2.45, 2.75) is 39.7 Å². The maximum absolute atomic E-state index is 3.68. The Kier molecular flexibility index (Phi) is 5.32. The van der Waals surface area contributed by atoms with Crippen LogP contribution in [-0.2, 0) is 0 Å². The lowest BCUT2D eigenvalue weighted by molar-refractivity contribution is 0.166.